The van der Waals surface area contributed by atoms with Crippen molar-refractivity contribution >= 4 is 34.0 Å². The SMILES string of the molecule is Cn1c(=O)cc(Nc2ccc(Cl)cc2F)c2c(=O)n(C3CC3)c(=O)n(-c3ccccc3)c21. The van der Waals surface area contributed by atoms with Gasteiger partial charge in [0.1, 0.15) is 16.9 Å². The molecule has 0 bridgehead atoms. The molecule has 1 aliphatic carbocycles. The van der Waals surface area contributed by atoms with E-state index in [1.54, 1.807) is 24.3 Å². The number of hydrogen-bond acceptors (Lipinski definition) is 4. The smallest absolute Gasteiger partial charge is 0.337 e. The summed E-state index contributed by atoms with van der Waals surface area (Å²) in [6, 6.07) is 13.9. The summed E-state index contributed by atoms with van der Waals surface area (Å²) < 4.78 is 18.3. The lowest BCUT2D eigenvalue weighted by molar-refractivity contribution is 0.631. The lowest BCUT2D eigenvalue weighted by atomic mass is 10.2. The third kappa shape index (κ3) is 3.23. The zero-order valence-corrected chi connectivity index (χ0v) is 17.8. The van der Waals surface area contributed by atoms with Crippen LogP contribution in [0.2, 0.25) is 5.02 Å². The van der Waals surface area contributed by atoms with Gasteiger partial charge in [0.15, 0.2) is 0 Å². The van der Waals surface area contributed by atoms with E-state index in [4.69, 9.17) is 11.6 Å². The number of fused-ring (bicyclic) bond motifs is 1. The minimum absolute atomic E-state index is 0.0544. The number of anilines is 2. The number of rotatable bonds is 4. The number of nitrogens with one attached hydrogen (secondary N) is 1. The van der Waals surface area contributed by atoms with E-state index in [0.717, 1.165) is 18.9 Å². The lowest BCUT2D eigenvalue weighted by Gasteiger charge is -2.19. The predicted molar refractivity (Wildman–Crippen MR) is 122 cm³/mol. The molecule has 32 heavy (non-hydrogen) atoms. The molecule has 2 heterocycles. The van der Waals surface area contributed by atoms with Gasteiger partial charge < -0.3 is 5.32 Å². The molecule has 0 radical (unpaired) electrons. The summed E-state index contributed by atoms with van der Waals surface area (Å²) in [5.41, 5.74) is -0.670. The van der Waals surface area contributed by atoms with Gasteiger partial charge in [0, 0.05) is 24.2 Å². The minimum Gasteiger partial charge on any atom is -0.352 e. The molecule has 162 valence electrons. The maximum atomic E-state index is 14.5. The van der Waals surface area contributed by atoms with Crippen molar-refractivity contribution in [2.45, 2.75) is 18.9 Å². The lowest BCUT2D eigenvalue weighted by Crippen LogP contribution is -2.41. The molecule has 1 fully saturated rings. The maximum absolute atomic E-state index is 14.5. The van der Waals surface area contributed by atoms with Gasteiger partial charge in [-0.25, -0.2) is 13.8 Å². The molecule has 9 heteroatoms. The average Bonchev–Trinajstić information content (AvgIpc) is 3.59. The zero-order valence-electron chi connectivity index (χ0n) is 17.0. The fraction of sp³-hybridized carbons (Fsp3) is 0.174. The Hall–Kier alpha value is -3.65. The summed E-state index contributed by atoms with van der Waals surface area (Å²) in [7, 11) is 1.50. The fourth-order valence-corrected chi connectivity index (χ4v) is 4.02. The Labute approximate surface area is 185 Å². The van der Waals surface area contributed by atoms with Crippen molar-refractivity contribution in [1.29, 1.82) is 0 Å². The highest BCUT2D eigenvalue weighted by atomic mass is 35.5. The van der Waals surface area contributed by atoms with E-state index in [1.165, 1.54) is 38.9 Å². The van der Waals surface area contributed by atoms with Crippen LogP contribution in [0.15, 0.2) is 69.0 Å². The van der Waals surface area contributed by atoms with Gasteiger partial charge in [0.2, 0.25) is 0 Å². The second-order valence-corrected chi connectivity index (χ2v) is 8.20. The van der Waals surface area contributed by atoms with Crippen molar-refractivity contribution in [2.24, 2.45) is 7.05 Å². The highest BCUT2D eigenvalue weighted by molar-refractivity contribution is 6.30. The van der Waals surface area contributed by atoms with Gasteiger partial charge >= 0.3 is 5.69 Å². The van der Waals surface area contributed by atoms with Gasteiger partial charge in [0.25, 0.3) is 11.1 Å². The number of hydrogen-bond donors (Lipinski definition) is 1. The highest BCUT2D eigenvalue weighted by Gasteiger charge is 2.31. The summed E-state index contributed by atoms with van der Waals surface area (Å²) in [6.45, 7) is 0. The monoisotopic (exact) mass is 452 g/mol. The fourth-order valence-electron chi connectivity index (χ4n) is 3.86. The van der Waals surface area contributed by atoms with Crippen molar-refractivity contribution in [2.75, 3.05) is 5.32 Å². The molecule has 0 aliphatic heterocycles. The van der Waals surface area contributed by atoms with Crippen LogP contribution >= 0.6 is 11.6 Å². The molecule has 0 unspecified atom stereocenters. The number of halogens is 2. The Bertz CT molecular complexity index is 1550. The second-order valence-electron chi connectivity index (χ2n) is 7.76. The third-order valence-corrected chi connectivity index (χ3v) is 5.81. The Morgan fingerprint density at radius 3 is 2.38 bits per heavy atom. The van der Waals surface area contributed by atoms with Crippen LogP contribution in [-0.4, -0.2) is 13.7 Å². The molecule has 1 aliphatic rings. The number of benzene rings is 2. The highest BCUT2D eigenvalue weighted by Crippen LogP contribution is 2.33. The molecule has 1 N–H and O–H groups in total. The minimum atomic E-state index is -0.634. The van der Waals surface area contributed by atoms with Crippen LogP contribution in [0, 0.1) is 5.82 Å². The quantitative estimate of drug-likeness (QED) is 0.512. The molecule has 1 saturated carbocycles. The number of para-hydroxylation sites is 1. The zero-order chi connectivity index (χ0) is 22.6. The van der Waals surface area contributed by atoms with Crippen LogP contribution in [0.1, 0.15) is 18.9 Å². The molecule has 0 spiro atoms. The normalized spacial score (nSPS) is 13.5. The van der Waals surface area contributed by atoms with Gasteiger partial charge in [0.05, 0.1) is 17.1 Å². The van der Waals surface area contributed by atoms with E-state index in [-0.39, 0.29) is 33.5 Å². The molecular formula is C23H18ClFN4O3. The van der Waals surface area contributed by atoms with Crippen molar-refractivity contribution in [3.63, 3.8) is 0 Å². The predicted octanol–water partition coefficient (Wildman–Crippen LogP) is 3.72. The van der Waals surface area contributed by atoms with Crippen LogP contribution in [0.25, 0.3) is 16.7 Å². The van der Waals surface area contributed by atoms with Gasteiger partial charge in [-0.05, 0) is 43.2 Å². The first-order valence-corrected chi connectivity index (χ1v) is 10.4. The summed E-state index contributed by atoms with van der Waals surface area (Å²) in [4.78, 5) is 39.7. The maximum Gasteiger partial charge on any atom is 0.337 e. The van der Waals surface area contributed by atoms with Gasteiger partial charge in [-0.1, -0.05) is 29.8 Å². The topological polar surface area (TPSA) is 78.0 Å². The molecule has 4 aromatic rings. The first-order chi connectivity index (χ1) is 15.4. The number of aromatic nitrogens is 3. The molecule has 0 amide bonds. The first kappa shape index (κ1) is 20.3. The summed E-state index contributed by atoms with van der Waals surface area (Å²) in [5, 5.41) is 3.20. The molecule has 2 aromatic heterocycles. The van der Waals surface area contributed by atoms with Crippen LogP contribution in [0.4, 0.5) is 15.8 Å². The Morgan fingerprint density at radius 1 is 1.00 bits per heavy atom. The standard InChI is InChI=1S/C23H18ClFN4O3/c1-27-19(30)12-18(26-17-10-7-13(24)11-16(17)25)20-21(27)28(14-5-3-2-4-6-14)23(32)29(22(20)31)15-8-9-15/h2-7,10-12,15,26H,8-9H2,1H3. The van der Waals surface area contributed by atoms with E-state index in [9.17, 15) is 18.8 Å². The molecular weight excluding hydrogens is 435 g/mol. The van der Waals surface area contributed by atoms with Crippen LogP contribution in [-0.2, 0) is 7.05 Å². The number of pyridine rings is 1. The largest absolute Gasteiger partial charge is 0.352 e. The van der Waals surface area contributed by atoms with Crippen LogP contribution < -0.4 is 22.1 Å². The van der Waals surface area contributed by atoms with E-state index in [1.807, 2.05) is 6.07 Å². The van der Waals surface area contributed by atoms with Crippen LogP contribution in [0.5, 0.6) is 0 Å². The van der Waals surface area contributed by atoms with E-state index in [2.05, 4.69) is 5.32 Å². The van der Waals surface area contributed by atoms with Crippen molar-refractivity contribution in [3.8, 4) is 5.69 Å². The molecule has 0 saturated heterocycles. The molecule has 2 aromatic carbocycles. The van der Waals surface area contributed by atoms with Gasteiger partial charge in [-0.15, -0.1) is 0 Å². The average molecular weight is 453 g/mol. The summed E-state index contributed by atoms with van der Waals surface area (Å²) in [5.74, 6) is -0.634. The van der Waals surface area contributed by atoms with Gasteiger partial charge in [-0.2, -0.15) is 0 Å². The van der Waals surface area contributed by atoms with Gasteiger partial charge in [-0.3, -0.25) is 18.7 Å². The van der Waals surface area contributed by atoms with Crippen molar-refractivity contribution in [1.82, 2.24) is 13.7 Å². The number of aryl methyl sites for hydroxylation is 1. The summed E-state index contributed by atoms with van der Waals surface area (Å²) in [6.07, 6.45) is 1.44. The van der Waals surface area contributed by atoms with Crippen LogP contribution in [0.3, 0.4) is 0 Å². The first-order valence-electron chi connectivity index (χ1n) is 10.1. The Kier molecular flexibility index (Phi) is 4.74. The summed E-state index contributed by atoms with van der Waals surface area (Å²) >= 11 is 5.84. The molecule has 7 nitrogen and oxygen atoms in total. The van der Waals surface area contributed by atoms with E-state index >= 15 is 0 Å². The molecule has 0 atom stereocenters. The Balaban J connectivity index is 1.90. The van der Waals surface area contributed by atoms with Crippen molar-refractivity contribution in [3.05, 3.63) is 96.6 Å². The number of nitrogens with zero attached hydrogens (tertiary/aromatic N) is 3. The van der Waals surface area contributed by atoms with E-state index < -0.39 is 22.6 Å². The van der Waals surface area contributed by atoms with Crippen molar-refractivity contribution < 1.29 is 4.39 Å². The Morgan fingerprint density at radius 2 is 1.72 bits per heavy atom. The van der Waals surface area contributed by atoms with E-state index in [0.29, 0.717) is 5.69 Å². The third-order valence-electron chi connectivity index (χ3n) is 5.58. The molecule has 5 rings (SSSR count). The second kappa shape index (κ2) is 7.49.